The molecule has 37 heavy (non-hydrogen) atoms. The number of unbranched alkanes of at least 4 members (excludes halogenated alkanes) is 4. The standard InChI is InChI=1S/C36H59N/c1-7-12-17-29(18-13-8-2)31-21-25-33(26-22-31)36(35(37-6)16-11-5)34-27-23-32(24-28-34)30(19-14-9-3)20-15-10-4/h21-30,35-37H,7-20H2,1-6H3. The Morgan fingerprint density at radius 1 is 0.459 bits per heavy atom. The highest BCUT2D eigenvalue weighted by Crippen LogP contribution is 2.35. The Hall–Kier alpha value is -1.60. The quantitative estimate of drug-likeness (QED) is 0.189. The predicted octanol–water partition coefficient (Wildman–Crippen LogP) is 11.1. The summed E-state index contributed by atoms with van der Waals surface area (Å²) >= 11 is 0. The minimum atomic E-state index is 0.391. The third-order valence-electron chi connectivity index (χ3n) is 8.53. The third kappa shape index (κ3) is 10.2. The molecule has 1 N–H and O–H groups in total. The van der Waals surface area contributed by atoms with Crippen LogP contribution in [0.25, 0.3) is 0 Å². The number of hydrogen-bond acceptors (Lipinski definition) is 1. The van der Waals surface area contributed by atoms with Gasteiger partial charge in [-0.05, 0) is 73.2 Å². The van der Waals surface area contributed by atoms with Crippen LogP contribution in [-0.2, 0) is 0 Å². The van der Waals surface area contributed by atoms with Crippen molar-refractivity contribution in [2.24, 2.45) is 0 Å². The highest BCUT2D eigenvalue weighted by atomic mass is 14.9. The summed E-state index contributed by atoms with van der Waals surface area (Å²) in [7, 11) is 2.15. The van der Waals surface area contributed by atoms with E-state index in [4.69, 9.17) is 0 Å². The predicted molar refractivity (Wildman–Crippen MR) is 166 cm³/mol. The zero-order valence-electron chi connectivity index (χ0n) is 25.3. The molecule has 0 aliphatic heterocycles. The molecule has 0 heterocycles. The van der Waals surface area contributed by atoms with Gasteiger partial charge in [0, 0.05) is 12.0 Å². The van der Waals surface area contributed by atoms with Gasteiger partial charge in [0.15, 0.2) is 0 Å². The molecule has 0 bridgehead atoms. The van der Waals surface area contributed by atoms with E-state index in [0.717, 1.165) is 0 Å². The molecule has 0 aliphatic carbocycles. The minimum Gasteiger partial charge on any atom is -0.316 e. The van der Waals surface area contributed by atoms with E-state index in [9.17, 15) is 0 Å². The van der Waals surface area contributed by atoms with Crippen molar-refractivity contribution in [1.29, 1.82) is 0 Å². The van der Waals surface area contributed by atoms with Crippen LogP contribution in [0.2, 0.25) is 0 Å². The number of nitrogens with one attached hydrogen (secondary N) is 1. The molecule has 0 spiro atoms. The lowest BCUT2D eigenvalue weighted by Crippen LogP contribution is -2.32. The summed E-state index contributed by atoms with van der Waals surface area (Å²) in [5.74, 6) is 1.82. The fourth-order valence-corrected chi connectivity index (χ4v) is 6.15. The van der Waals surface area contributed by atoms with Gasteiger partial charge in [0.1, 0.15) is 0 Å². The van der Waals surface area contributed by atoms with Crippen molar-refractivity contribution in [3.8, 4) is 0 Å². The highest BCUT2D eigenvalue weighted by Gasteiger charge is 2.24. The number of rotatable bonds is 20. The molecule has 1 heteroatoms. The first kappa shape index (κ1) is 31.6. The normalized spacial score (nSPS) is 12.7. The second-order valence-corrected chi connectivity index (χ2v) is 11.5. The van der Waals surface area contributed by atoms with Gasteiger partial charge in [-0.25, -0.2) is 0 Å². The number of hydrogen-bond donors (Lipinski definition) is 1. The van der Waals surface area contributed by atoms with Crippen LogP contribution < -0.4 is 5.32 Å². The maximum atomic E-state index is 3.69. The van der Waals surface area contributed by atoms with Gasteiger partial charge < -0.3 is 5.32 Å². The molecule has 208 valence electrons. The van der Waals surface area contributed by atoms with Crippen LogP contribution in [0.1, 0.15) is 165 Å². The summed E-state index contributed by atoms with van der Waals surface area (Å²) in [6, 6.07) is 20.1. The number of benzene rings is 2. The van der Waals surface area contributed by atoms with E-state index in [0.29, 0.717) is 23.8 Å². The zero-order valence-corrected chi connectivity index (χ0v) is 25.3. The monoisotopic (exact) mass is 505 g/mol. The number of likely N-dealkylation sites (N-methyl/N-ethyl adjacent to an activating group) is 1. The van der Waals surface area contributed by atoms with Gasteiger partial charge in [0.2, 0.25) is 0 Å². The van der Waals surface area contributed by atoms with Gasteiger partial charge in [0.05, 0.1) is 0 Å². The second kappa shape index (κ2) is 18.6. The summed E-state index contributed by atoms with van der Waals surface area (Å²) in [4.78, 5) is 0. The molecule has 1 nitrogen and oxygen atoms in total. The molecule has 2 aromatic carbocycles. The lowest BCUT2D eigenvalue weighted by atomic mass is 9.80. The molecule has 0 aromatic heterocycles. The van der Waals surface area contributed by atoms with Crippen LogP contribution >= 0.6 is 0 Å². The van der Waals surface area contributed by atoms with E-state index in [1.54, 1.807) is 11.1 Å². The maximum Gasteiger partial charge on any atom is 0.0243 e. The Bertz CT molecular complexity index is 726. The van der Waals surface area contributed by atoms with Crippen molar-refractivity contribution in [2.45, 2.75) is 148 Å². The first-order valence-corrected chi connectivity index (χ1v) is 16.0. The largest absolute Gasteiger partial charge is 0.316 e. The maximum absolute atomic E-state index is 3.69. The van der Waals surface area contributed by atoms with Crippen molar-refractivity contribution in [3.63, 3.8) is 0 Å². The van der Waals surface area contributed by atoms with Crippen LogP contribution in [0.4, 0.5) is 0 Å². The molecule has 0 fully saturated rings. The Morgan fingerprint density at radius 3 is 1.05 bits per heavy atom. The van der Waals surface area contributed by atoms with Crippen molar-refractivity contribution in [2.75, 3.05) is 7.05 Å². The molecule has 2 aromatic rings. The SMILES string of the molecule is CCCCC(CCCC)c1ccc(C(c2ccc(C(CCCC)CCCC)cc2)C(CCC)NC)cc1. The molecule has 0 saturated heterocycles. The minimum absolute atomic E-state index is 0.391. The molecular weight excluding hydrogens is 446 g/mol. The smallest absolute Gasteiger partial charge is 0.0243 e. The molecule has 0 aliphatic rings. The molecule has 1 unspecified atom stereocenters. The molecule has 1 atom stereocenters. The average Bonchev–Trinajstić information content (AvgIpc) is 2.94. The first-order chi connectivity index (χ1) is 18.1. The summed E-state index contributed by atoms with van der Waals surface area (Å²) in [6.45, 7) is 11.6. The van der Waals surface area contributed by atoms with Gasteiger partial charge in [-0.2, -0.15) is 0 Å². The van der Waals surface area contributed by atoms with E-state index in [2.05, 4.69) is 95.5 Å². The van der Waals surface area contributed by atoms with Crippen LogP contribution in [0.3, 0.4) is 0 Å². The van der Waals surface area contributed by atoms with E-state index in [1.165, 1.54) is 101 Å². The van der Waals surface area contributed by atoms with Gasteiger partial charge in [0.25, 0.3) is 0 Å². The Balaban J connectivity index is 2.34. The van der Waals surface area contributed by atoms with E-state index < -0.39 is 0 Å². The van der Waals surface area contributed by atoms with Gasteiger partial charge in [-0.1, -0.05) is 141 Å². The molecule has 0 saturated carbocycles. The molecule has 2 rings (SSSR count). The fourth-order valence-electron chi connectivity index (χ4n) is 6.15. The second-order valence-electron chi connectivity index (χ2n) is 11.5. The van der Waals surface area contributed by atoms with Gasteiger partial charge >= 0.3 is 0 Å². The topological polar surface area (TPSA) is 12.0 Å². The lowest BCUT2D eigenvalue weighted by molar-refractivity contribution is 0.468. The van der Waals surface area contributed by atoms with Crippen molar-refractivity contribution in [3.05, 3.63) is 70.8 Å². The van der Waals surface area contributed by atoms with Gasteiger partial charge in [-0.15, -0.1) is 0 Å². The molecule has 0 amide bonds. The summed E-state index contributed by atoms with van der Waals surface area (Å²) < 4.78 is 0. The molecular formula is C36H59N. The van der Waals surface area contributed by atoms with Gasteiger partial charge in [-0.3, -0.25) is 0 Å². The fraction of sp³-hybridized carbons (Fsp3) is 0.667. The Kier molecular flexibility index (Phi) is 15.9. The average molecular weight is 506 g/mol. The van der Waals surface area contributed by atoms with E-state index >= 15 is 0 Å². The first-order valence-electron chi connectivity index (χ1n) is 16.0. The van der Waals surface area contributed by atoms with E-state index in [-0.39, 0.29) is 0 Å². The lowest BCUT2D eigenvalue weighted by Gasteiger charge is -2.29. The van der Waals surface area contributed by atoms with Crippen LogP contribution in [0.15, 0.2) is 48.5 Å². The van der Waals surface area contributed by atoms with Crippen LogP contribution in [0.5, 0.6) is 0 Å². The highest BCUT2D eigenvalue weighted by molar-refractivity contribution is 5.38. The zero-order chi connectivity index (χ0) is 26.9. The van der Waals surface area contributed by atoms with Crippen molar-refractivity contribution < 1.29 is 0 Å². The van der Waals surface area contributed by atoms with Crippen LogP contribution in [0, 0.1) is 0 Å². The molecule has 0 radical (unpaired) electrons. The third-order valence-corrected chi connectivity index (χ3v) is 8.53. The van der Waals surface area contributed by atoms with Crippen molar-refractivity contribution >= 4 is 0 Å². The van der Waals surface area contributed by atoms with Crippen LogP contribution in [-0.4, -0.2) is 13.1 Å². The Labute approximate surface area is 231 Å². The van der Waals surface area contributed by atoms with E-state index in [1.807, 2.05) is 0 Å². The summed E-state index contributed by atoms with van der Waals surface area (Å²) in [5.41, 5.74) is 6.02. The summed E-state index contributed by atoms with van der Waals surface area (Å²) in [5, 5.41) is 3.69. The summed E-state index contributed by atoms with van der Waals surface area (Å²) in [6.07, 6.45) is 18.2. The Morgan fingerprint density at radius 2 is 0.784 bits per heavy atom. The van der Waals surface area contributed by atoms with Crippen molar-refractivity contribution in [1.82, 2.24) is 5.32 Å².